The zero-order valence-corrected chi connectivity index (χ0v) is 6.11. The van der Waals surface area contributed by atoms with Gasteiger partial charge in [-0.05, 0) is 37.0 Å². The van der Waals surface area contributed by atoms with E-state index in [1.807, 2.05) is 0 Å². The van der Waals surface area contributed by atoms with Crippen molar-refractivity contribution >= 4 is 0 Å². The zero-order valence-electron chi connectivity index (χ0n) is 6.11. The highest BCUT2D eigenvalue weighted by Crippen LogP contribution is 2.56. The van der Waals surface area contributed by atoms with Gasteiger partial charge >= 0.3 is 0 Å². The molecule has 0 nitrogen and oxygen atoms in total. The Morgan fingerprint density at radius 1 is 1.67 bits per heavy atom. The quantitative estimate of drug-likeness (QED) is 0.433. The third-order valence-corrected chi connectivity index (χ3v) is 3.23. The van der Waals surface area contributed by atoms with E-state index in [0.717, 1.165) is 5.92 Å². The van der Waals surface area contributed by atoms with Gasteiger partial charge in [0.2, 0.25) is 0 Å². The smallest absolute Gasteiger partial charge is 0.0116 e. The molecule has 2 rings (SSSR count). The summed E-state index contributed by atoms with van der Waals surface area (Å²) in [6, 6.07) is 0. The summed E-state index contributed by atoms with van der Waals surface area (Å²) in [5.74, 6) is 1.02. The number of rotatable bonds is 0. The van der Waals surface area contributed by atoms with Crippen molar-refractivity contribution in [3.63, 3.8) is 0 Å². The van der Waals surface area contributed by atoms with E-state index in [4.69, 9.17) is 0 Å². The van der Waals surface area contributed by atoms with Crippen molar-refractivity contribution in [2.75, 3.05) is 0 Å². The van der Waals surface area contributed by atoms with Crippen LogP contribution in [0.25, 0.3) is 0 Å². The van der Waals surface area contributed by atoms with Gasteiger partial charge in [-0.15, -0.1) is 0 Å². The van der Waals surface area contributed by atoms with E-state index in [0.29, 0.717) is 5.41 Å². The van der Waals surface area contributed by atoms with Crippen LogP contribution in [-0.4, -0.2) is 0 Å². The fraction of sp³-hybridized carbons (Fsp3) is 0.778. The van der Waals surface area contributed by atoms with Gasteiger partial charge in [0.15, 0.2) is 0 Å². The molecule has 0 heterocycles. The van der Waals surface area contributed by atoms with Crippen LogP contribution in [0.2, 0.25) is 0 Å². The fourth-order valence-electron chi connectivity index (χ4n) is 2.45. The van der Waals surface area contributed by atoms with E-state index in [1.54, 1.807) is 0 Å². The molecule has 0 radical (unpaired) electrons. The van der Waals surface area contributed by atoms with E-state index < -0.39 is 0 Å². The molecule has 0 aromatic heterocycles. The normalized spacial score (nSPS) is 48.6. The Hall–Kier alpha value is -0.260. The predicted octanol–water partition coefficient (Wildman–Crippen LogP) is 2.75. The van der Waals surface area contributed by atoms with Crippen LogP contribution >= 0.6 is 0 Å². The average molecular weight is 122 g/mol. The van der Waals surface area contributed by atoms with Gasteiger partial charge in [0.05, 0.1) is 0 Å². The Kier molecular flexibility index (Phi) is 0.870. The third kappa shape index (κ3) is 0.593. The minimum atomic E-state index is 0.574. The first-order valence-corrected chi connectivity index (χ1v) is 3.89. The van der Waals surface area contributed by atoms with Crippen LogP contribution in [0.3, 0.4) is 0 Å². The van der Waals surface area contributed by atoms with E-state index in [2.05, 4.69) is 13.5 Å². The molecule has 2 atom stereocenters. The molecule has 50 valence electrons. The predicted molar refractivity (Wildman–Crippen MR) is 39.2 cm³/mol. The summed E-state index contributed by atoms with van der Waals surface area (Å²) in [4.78, 5) is 0. The fourth-order valence-corrected chi connectivity index (χ4v) is 2.45. The summed E-state index contributed by atoms with van der Waals surface area (Å²) in [7, 11) is 0. The maximum Gasteiger partial charge on any atom is -0.0116 e. The Morgan fingerprint density at radius 2 is 2.44 bits per heavy atom. The minimum Gasteiger partial charge on any atom is -0.0993 e. The Morgan fingerprint density at radius 3 is 2.67 bits per heavy atom. The molecule has 0 saturated heterocycles. The molecule has 0 aromatic rings. The van der Waals surface area contributed by atoms with Crippen molar-refractivity contribution in [2.24, 2.45) is 11.3 Å². The molecule has 0 spiro atoms. The lowest BCUT2D eigenvalue weighted by molar-refractivity contribution is 0.430. The molecule has 0 aliphatic heterocycles. The van der Waals surface area contributed by atoms with Gasteiger partial charge < -0.3 is 0 Å². The molecular formula is C9H14. The number of allylic oxidation sites excluding steroid dienone is 1. The number of hydrogen-bond acceptors (Lipinski definition) is 0. The van der Waals surface area contributed by atoms with Gasteiger partial charge in [0.25, 0.3) is 0 Å². The standard InChI is InChI=1S/C9H14/c1-7-5-8-3-4-9(7,2)6-8/h8H,1,3-6H2,2H3/t8-,9?/m1/s1. The van der Waals surface area contributed by atoms with Crippen LogP contribution < -0.4 is 0 Å². The highest BCUT2D eigenvalue weighted by atomic mass is 14.5. The Labute approximate surface area is 57.0 Å². The highest BCUT2D eigenvalue weighted by molar-refractivity contribution is 5.19. The first kappa shape index (κ1) is 5.52. The first-order valence-electron chi connectivity index (χ1n) is 3.89. The molecular weight excluding hydrogens is 108 g/mol. The first-order chi connectivity index (χ1) is 4.21. The molecule has 2 aliphatic rings. The van der Waals surface area contributed by atoms with Crippen molar-refractivity contribution in [1.29, 1.82) is 0 Å². The summed E-state index contributed by atoms with van der Waals surface area (Å²) in [6.45, 7) is 6.49. The summed E-state index contributed by atoms with van der Waals surface area (Å²) in [6.07, 6.45) is 5.65. The summed E-state index contributed by atoms with van der Waals surface area (Å²) in [5.41, 5.74) is 2.10. The second kappa shape index (κ2) is 1.42. The van der Waals surface area contributed by atoms with Crippen molar-refractivity contribution in [3.05, 3.63) is 12.2 Å². The van der Waals surface area contributed by atoms with Crippen molar-refractivity contribution in [2.45, 2.75) is 32.6 Å². The van der Waals surface area contributed by atoms with Crippen LogP contribution in [0.1, 0.15) is 32.6 Å². The van der Waals surface area contributed by atoms with Crippen LogP contribution in [0.4, 0.5) is 0 Å². The number of fused-ring (bicyclic) bond motifs is 2. The number of hydrogen-bond donors (Lipinski definition) is 0. The van der Waals surface area contributed by atoms with Crippen LogP contribution in [0.5, 0.6) is 0 Å². The monoisotopic (exact) mass is 122 g/mol. The molecule has 0 N–H and O–H groups in total. The largest absolute Gasteiger partial charge is 0.0993 e. The molecule has 2 bridgehead atoms. The van der Waals surface area contributed by atoms with Gasteiger partial charge in [-0.1, -0.05) is 19.1 Å². The van der Waals surface area contributed by atoms with Crippen LogP contribution in [0, 0.1) is 11.3 Å². The summed E-state index contributed by atoms with van der Waals surface area (Å²) in [5, 5.41) is 0. The van der Waals surface area contributed by atoms with Crippen LogP contribution in [-0.2, 0) is 0 Å². The van der Waals surface area contributed by atoms with Gasteiger partial charge in [-0.2, -0.15) is 0 Å². The Bertz CT molecular complexity index is 157. The van der Waals surface area contributed by atoms with Crippen LogP contribution in [0.15, 0.2) is 12.2 Å². The molecule has 0 heteroatoms. The van der Waals surface area contributed by atoms with E-state index >= 15 is 0 Å². The van der Waals surface area contributed by atoms with Gasteiger partial charge in [0, 0.05) is 0 Å². The summed E-state index contributed by atoms with van der Waals surface area (Å²) >= 11 is 0. The van der Waals surface area contributed by atoms with Crippen molar-refractivity contribution in [1.82, 2.24) is 0 Å². The maximum absolute atomic E-state index is 4.11. The van der Waals surface area contributed by atoms with E-state index in [-0.39, 0.29) is 0 Å². The lowest BCUT2D eigenvalue weighted by atomic mass is 9.83. The lowest BCUT2D eigenvalue weighted by Gasteiger charge is -2.22. The van der Waals surface area contributed by atoms with Crippen molar-refractivity contribution in [3.8, 4) is 0 Å². The average Bonchev–Trinajstić information content (AvgIpc) is 2.22. The maximum atomic E-state index is 4.11. The molecule has 9 heavy (non-hydrogen) atoms. The SMILES string of the molecule is C=C1C[C@H]2CCC1(C)C2. The summed E-state index contributed by atoms with van der Waals surface area (Å²) < 4.78 is 0. The van der Waals surface area contributed by atoms with E-state index in [1.165, 1.54) is 31.3 Å². The highest BCUT2D eigenvalue weighted by Gasteiger charge is 2.43. The van der Waals surface area contributed by atoms with Gasteiger partial charge in [0.1, 0.15) is 0 Å². The van der Waals surface area contributed by atoms with Crippen molar-refractivity contribution < 1.29 is 0 Å². The lowest BCUT2D eigenvalue weighted by Crippen LogP contribution is -2.09. The topological polar surface area (TPSA) is 0 Å². The molecule has 1 unspecified atom stereocenters. The molecule has 2 aliphatic carbocycles. The van der Waals surface area contributed by atoms with E-state index in [9.17, 15) is 0 Å². The van der Waals surface area contributed by atoms with Gasteiger partial charge in [-0.3, -0.25) is 0 Å². The molecule has 2 saturated carbocycles. The second-order valence-electron chi connectivity index (χ2n) is 3.98. The molecule has 0 amide bonds. The molecule has 0 aromatic carbocycles. The molecule has 2 fully saturated rings. The Balaban J connectivity index is 2.32. The second-order valence-corrected chi connectivity index (χ2v) is 3.98. The third-order valence-electron chi connectivity index (χ3n) is 3.23. The van der Waals surface area contributed by atoms with Gasteiger partial charge in [-0.25, -0.2) is 0 Å². The minimum absolute atomic E-state index is 0.574. The zero-order chi connectivity index (χ0) is 6.48.